The molecule has 1 heterocycles. The van der Waals surface area contributed by atoms with Gasteiger partial charge in [0.2, 0.25) is 0 Å². The summed E-state index contributed by atoms with van der Waals surface area (Å²) in [5, 5.41) is 3.12. The van der Waals surface area contributed by atoms with Crippen LogP contribution >= 0.6 is 0 Å². The maximum absolute atomic E-state index is 13.3. The Bertz CT molecular complexity index is 926. The molecule has 0 saturated heterocycles. The van der Waals surface area contributed by atoms with Crippen molar-refractivity contribution in [1.29, 1.82) is 0 Å². The molecule has 0 aliphatic carbocycles. The summed E-state index contributed by atoms with van der Waals surface area (Å²) in [7, 11) is 0. The fourth-order valence-electron chi connectivity index (χ4n) is 2.73. The van der Waals surface area contributed by atoms with Crippen molar-refractivity contribution < 1.29 is 13.2 Å². The van der Waals surface area contributed by atoms with Crippen LogP contribution in [0.15, 0.2) is 60.9 Å². The Kier molecular flexibility index (Phi) is 4.91. The molecular weight excluding hydrogens is 351 g/mol. The van der Waals surface area contributed by atoms with Gasteiger partial charge in [-0.05, 0) is 29.2 Å². The minimum Gasteiger partial charge on any atom is -0.340 e. The molecule has 0 saturated carbocycles. The van der Waals surface area contributed by atoms with Gasteiger partial charge in [0.1, 0.15) is 12.1 Å². The molecule has 0 bridgehead atoms. The summed E-state index contributed by atoms with van der Waals surface area (Å²) in [5.74, 6) is 0.431. The van der Waals surface area contributed by atoms with Gasteiger partial charge in [-0.3, -0.25) is 0 Å². The lowest BCUT2D eigenvalue weighted by Crippen LogP contribution is -2.10. The van der Waals surface area contributed by atoms with Crippen molar-refractivity contribution in [2.45, 2.75) is 32.4 Å². The molecule has 2 aromatic carbocycles. The molecule has 3 aromatic rings. The van der Waals surface area contributed by atoms with Crippen LogP contribution in [0.5, 0.6) is 0 Å². The zero-order chi connectivity index (χ0) is 19.7. The van der Waals surface area contributed by atoms with Gasteiger partial charge in [0.15, 0.2) is 0 Å². The number of hydrogen-bond donors (Lipinski definition) is 1. The Hall–Kier alpha value is -2.89. The summed E-state index contributed by atoms with van der Waals surface area (Å²) in [6, 6.07) is 14.8. The van der Waals surface area contributed by atoms with E-state index < -0.39 is 11.7 Å². The Morgan fingerprint density at radius 1 is 0.852 bits per heavy atom. The standard InChI is InChI=1S/C21H20F3N3/c1-20(2,3)14-8-10-15(11-9-14)27-19-12-18(25-13-26-19)16-6-4-5-7-17(16)21(22,23)24/h4-13H,1-3H3,(H,25,26,27). The van der Waals surface area contributed by atoms with Crippen molar-refractivity contribution in [2.24, 2.45) is 0 Å². The minimum absolute atomic E-state index is 0.0264. The van der Waals surface area contributed by atoms with E-state index in [4.69, 9.17) is 0 Å². The third-order valence-electron chi connectivity index (χ3n) is 4.20. The normalized spacial score (nSPS) is 12.1. The number of rotatable bonds is 3. The van der Waals surface area contributed by atoms with Gasteiger partial charge in [-0.15, -0.1) is 0 Å². The second-order valence-corrected chi connectivity index (χ2v) is 7.28. The highest BCUT2D eigenvalue weighted by Gasteiger charge is 2.33. The lowest BCUT2D eigenvalue weighted by Gasteiger charge is -2.19. The van der Waals surface area contributed by atoms with Crippen molar-refractivity contribution in [3.8, 4) is 11.3 Å². The predicted molar refractivity (Wildman–Crippen MR) is 101 cm³/mol. The molecule has 3 rings (SSSR count). The second kappa shape index (κ2) is 7.02. The highest BCUT2D eigenvalue weighted by molar-refractivity contribution is 5.68. The molecule has 0 spiro atoms. The van der Waals surface area contributed by atoms with E-state index in [0.717, 1.165) is 11.8 Å². The summed E-state index contributed by atoms with van der Waals surface area (Å²) < 4.78 is 39.8. The Morgan fingerprint density at radius 3 is 2.15 bits per heavy atom. The molecule has 0 atom stereocenters. The van der Waals surface area contributed by atoms with Crippen LogP contribution in [-0.2, 0) is 11.6 Å². The highest BCUT2D eigenvalue weighted by Crippen LogP contribution is 2.36. The zero-order valence-corrected chi connectivity index (χ0v) is 15.3. The van der Waals surface area contributed by atoms with Crippen LogP contribution in [0.1, 0.15) is 31.9 Å². The Balaban J connectivity index is 1.89. The largest absolute Gasteiger partial charge is 0.417 e. The van der Waals surface area contributed by atoms with Gasteiger partial charge in [0.05, 0.1) is 11.3 Å². The Labute approximate surface area is 156 Å². The fourth-order valence-corrected chi connectivity index (χ4v) is 2.73. The first-order valence-corrected chi connectivity index (χ1v) is 8.51. The molecule has 0 amide bonds. The first-order valence-electron chi connectivity index (χ1n) is 8.51. The van der Waals surface area contributed by atoms with Gasteiger partial charge in [-0.1, -0.05) is 51.1 Å². The van der Waals surface area contributed by atoms with E-state index in [9.17, 15) is 13.2 Å². The summed E-state index contributed by atoms with van der Waals surface area (Å²) in [4.78, 5) is 8.14. The number of nitrogens with zero attached hydrogens (tertiary/aromatic N) is 2. The van der Waals surface area contributed by atoms with E-state index in [1.807, 2.05) is 24.3 Å². The maximum Gasteiger partial charge on any atom is 0.417 e. The van der Waals surface area contributed by atoms with Crippen LogP contribution in [0.4, 0.5) is 24.7 Å². The smallest absolute Gasteiger partial charge is 0.340 e. The maximum atomic E-state index is 13.3. The van der Waals surface area contributed by atoms with Gasteiger partial charge in [0.25, 0.3) is 0 Å². The average molecular weight is 371 g/mol. The van der Waals surface area contributed by atoms with Gasteiger partial charge >= 0.3 is 6.18 Å². The van der Waals surface area contributed by atoms with Crippen molar-refractivity contribution >= 4 is 11.5 Å². The average Bonchev–Trinajstić information content (AvgIpc) is 2.61. The van der Waals surface area contributed by atoms with Crippen LogP contribution in [0.2, 0.25) is 0 Å². The summed E-state index contributed by atoms with van der Waals surface area (Å²) >= 11 is 0. The molecule has 6 heteroatoms. The van der Waals surface area contributed by atoms with Crippen LogP contribution in [0.25, 0.3) is 11.3 Å². The van der Waals surface area contributed by atoms with Crippen molar-refractivity contribution in [2.75, 3.05) is 5.32 Å². The van der Waals surface area contributed by atoms with Crippen molar-refractivity contribution in [3.63, 3.8) is 0 Å². The van der Waals surface area contributed by atoms with E-state index in [-0.39, 0.29) is 16.7 Å². The monoisotopic (exact) mass is 371 g/mol. The van der Waals surface area contributed by atoms with Crippen LogP contribution < -0.4 is 5.32 Å². The minimum atomic E-state index is -4.45. The van der Waals surface area contributed by atoms with E-state index >= 15 is 0 Å². The van der Waals surface area contributed by atoms with Crippen LogP contribution in [0, 0.1) is 0 Å². The molecule has 140 valence electrons. The summed E-state index contributed by atoms with van der Waals surface area (Å²) in [6.45, 7) is 6.39. The number of benzene rings is 2. The van der Waals surface area contributed by atoms with Crippen molar-refractivity contribution in [1.82, 2.24) is 9.97 Å². The van der Waals surface area contributed by atoms with E-state index in [2.05, 4.69) is 36.1 Å². The lowest BCUT2D eigenvalue weighted by atomic mass is 9.87. The summed E-state index contributed by atoms with van der Waals surface area (Å²) in [6.07, 6.45) is -3.19. The van der Waals surface area contributed by atoms with Crippen molar-refractivity contribution in [3.05, 3.63) is 72.1 Å². The van der Waals surface area contributed by atoms with Crippen LogP contribution in [0.3, 0.4) is 0 Å². The quantitative estimate of drug-likeness (QED) is 0.595. The van der Waals surface area contributed by atoms with Gasteiger partial charge in [0, 0.05) is 17.3 Å². The number of hydrogen-bond acceptors (Lipinski definition) is 3. The van der Waals surface area contributed by atoms with Gasteiger partial charge < -0.3 is 5.32 Å². The third kappa shape index (κ3) is 4.45. The molecule has 27 heavy (non-hydrogen) atoms. The zero-order valence-electron chi connectivity index (χ0n) is 15.3. The van der Waals surface area contributed by atoms with Gasteiger partial charge in [-0.2, -0.15) is 13.2 Å². The van der Waals surface area contributed by atoms with Gasteiger partial charge in [-0.25, -0.2) is 9.97 Å². The molecule has 0 aliphatic heterocycles. The first kappa shape index (κ1) is 18.9. The number of nitrogens with one attached hydrogen (secondary N) is 1. The molecule has 1 aromatic heterocycles. The highest BCUT2D eigenvalue weighted by atomic mass is 19.4. The third-order valence-corrected chi connectivity index (χ3v) is 4.20. The molecule has 0 radical (unpaired) electrons. The predicted octanol–water partition coefficient (Wildman–Crippen LogP) is 6.20. The topological polar surface area (TPSA) is 37.8 Å². The molecule has 3 nitrogen and oxygen atoms in total. The molecule has 0 fully saturated rings. The SMILES string of the molecule is CC(C)(C)c1ccc(Nc2cc(-c3ccccc3C(F)(F)F)ncn2)cc1. The molecular formula is C21H20F3N3. The van der Waals surface area contributed by atoms with E-state index in [1.165, 1.54) is 30.1 Å². The van der Waals surface area contributed by atoms with E-state index in [1.54, 1.807) is 6.07 Å². The first-order chi connectivity index (χ1) is 12.6. The number of anilines is 2. The Morgan fingerprint density at radius 2 is 1.52 bits per heavy atom. The number of halogens is 3. The molecule has 0 unspecified atom stereocenters. The molecule has 0 aliphatic rings. The second-order valence-electron chi connectivity index (χ2n) is 7.28. The molecule has 1 N–H and O–H groups in total. The van der Waals surface area contributed by atoms with E-state index in [0.29, 0.717) is 5.82 Å². The van der Waals surface area contributed by atoms with Crippen LogP contribution in [-0.4, -0.2) is 9.97 Å². The summed E-state index contributed by atoms with van der Waals surface area (Å²) in [5.41, 5.74) is 1.56. The fraction of sp³-hybridized carbons (Fsp3) is 0.238. The lowest BCUT2D eigenvalue weighted by molar-refractivity contribution is -0.137. The number of aromatic nitrogens is 2. The number of alkyl halides is 3.